The molecule has 1 atom stereocenters. The Morgan fingerprint density at radius 3 is 2.56 bits per heavy atom. The largest absolute Gasteiger partial charge is 0.104 e. The Kier molecular flexibility index (Phi) is 2.10. The standard InChI is InChI=1S/C7H8ClP/c1-5-2-3-7(9)6(8)4-5/h2-4H,9H2,1H3. The normalized spacial score (nSPS) is 9.67. The fourth-order valence-corrected chi connectivity index (χ4v) is 1.05. The molecule has 0 aliphatic carbocycles. The second kappa shape index (κ2) is 2.68. The average Bonchev–Trinajstić information content (AvgIpc) is 1.80. The van der Waals surface area contributed by atoms with Crippen LogP contribution in [0, 0.1) is 6.92 Å². The molecule has 0 amide bonds. The van der Waals surface area contributed by atoms with E-state index in [4.69, 9.17) is 11.6 Å². The molecule has 0 N–H and O–H groups in total. The molecule has 0 saturated carbocycles. The number of aryl methyl sites for hydroxylation is 1. The van der Waals surface area contributed by atoms with Gasteiger partial charge in [0.1, 0.15) is 0 Å². The highest BCUT2D eigenvalue weighted by Gasteiger charge is 1.91. The molecule has 1 rings (SSSR count). The molecule has 1 aromatic carbocycles. The first-order valence-electron chi connectivity index (χ1n) is 2.72. The van der Waals surface area contributed by atoms with Gasteiger partial charge in [0.15, 0.2) is 0 Å². The van der Waals surface area contributed by atoms with Crippen molar-refractivity contribution in [3.8, 4) is 0 Å². The number of hydrogen-bond acceptors (Lipinski definition) is 0. The van der Waals surface area contributed by atoms with Crippen molar-refractivity contribution in [1.82, 2.24) is 0 Å². The molecule has 0 nitrogen and oxygen atoms in total. The maximum atomic E-state index is 5.79. The van der Waals surface area contributed by atoms with Gasteiger partial charge in [-0.05, 0) is 23.9 Å². The third kappa shape index (κ3) is 1.67. The van der Waals surface area contributed by atoms with Crippen molar-refractivity contribution in [3.05, 3.63) is 28.8 Å². The predicted molar refractivity (Wildman–Crippen MR) is 45.5 cm³/mol. The molecule has 0 saturated heterocycles. The zero-order valence-corrected chi connectivity index (χ0v) is 7.10. The van der Waals surface area contributed by atoms with Crippen molar-refractivity contribution in [2.45, 2.75) is 6.92 Å². The summed E-state index contributed by atoms with van der Waals surface area (Å²) in [6, 6.07) is 5.97. The molecule has 0 aliphatic heterocycles. The number of halogens is 1. The Bertz CT molecular complexity index is 220. The van der Waals surface area contributed by atoms with Crippen molar-refractivity contribution in [2.24, 2.45) is 0 Å². The van der Waals surface area contributed by atoms with E-state index in [1.165, 1.54) is 5.56 Å². The zero-order valence-electron chi connectivity index (χ0n) is 5.19. The summed E-state index contributed by atoms with van der Waals surface area (Å²) in [5, 5.41) is 1.88. The predicted octanol–water partition coefficient (Wildman–Crippen LogP) is 2.15. The molecule has 1 unspecified atom stereocenters. The lowest BCUT2D eigenvalue weighted by Crippen LogP contribution is -1.90. The SMILES string of the molecule is Cc1ccc(P)c(Cl)c1. The van der Waals surface area contributed by atoms with E-state index in [1.54, 1.807) is 0 Å². The van der Waals surface area contributed by atoms with Gasteiger partial charge < -0.3 is 0 Å². The minimum absolute atomic E-state index is 0.819. The first-order valence-corrected chi connectivity index (χ1v) is 3.67. The molecule has 9 heavy (non-hydrogen) atoms. The van der Waals surface area contributed by atoms with Gasteiger partial charge in [-0.3, -0.25) is 0 Å². The summed E-state index contributed by atoms with van der Waals surface area (Å²) >= 11 is 5.79. The van der Waals surface area contributed by atoms with Crippen LogP contribution in [0.25, 0.3) is 0 Å². The van der Waals surface area contributed by atoms with E-state index in [0.717, 1.165) is 10.3 Å². The van der Waals surface area contributed by atoms with Gasteiger partial charge >= 0.3 is 0 Å². The van der Waals surface area contributed by atoms with E-state index >= 15 is 0 Å². The summed E-state index contributed by atoms with van der Waals surface area (Å²) < 4.78 is 0. The van der Waals surface area contributed by atoms with Gasteiger partial charge in [-0.15, -0.1) is 9.24 Å². The van der Waals surface area contributed by atoms with Crippen molar-refractivity contribution in [1.29, 1.82) is 0 Å². The molecule has 0 radical (unpaired) electrons. The summed E-state index contributed by atoms with van der Waals surface area (Å²) in [6.07, 6.45) is 0. The smallest absolute Gasteiger partial charge is 0.0480 e. The topological polar surface area (TPSA) is 0 Å². The Hall–Kier alpha value is -0.0600. The molecule has 2 heteroatoms. The fourth-order valence-electron chi connectivity index (χ4n) is 0.632. The summed E-state index contributed by atoms with van der Waals surface area (Å²) in [5.41, 5.74) is 1.20. The molecule has 0 spiro atoms. The van der Waals surface area contributed by atoms with Crippen LogP contribution in [-0.4, -0.2) is 0 Å². The monoisotopic (exact) mass is 158 g/mol. The van der Waals surface area contributed by atoms with Gasteiger partial charge in [-0.2, -0.15) is 0 Å². The Balaban J connectivity index is 3.17. The van der Waals surface area contributed by atoms with Crippen LogP contribution in [0.4, 0.5) is 0 Å². The minimum Gasteiger partial charge on any atom is -0.104 e. The highest BCUT2D eigenvalue weighted by atomic mass is 35.5. The lowest BCUT2D eigenvalue weighted by atomic mass is 10.2. The minimum atomic E-state index is 0.819. The molecular weight excluding hydrogens is 151 g/mol. The third-order valence-electron chi connectivity index (χ3n) is 1.16. The molecule has 48 valence electrons. The van der Waals surface area contributed by atoms with Crippen LogP contribution in [0.1, 0.15) is 5.56 Å². The quantitative estimate of drug-likeness (QED) is 0.508. The average molecular weight is 159 g/mol. The van der Waals surface area contributed by atoms with E-state index in [2.05, 4.69) is 9.24 Å². The molecule has 0 heterocycles. The lowest BCUT2D eigenvalue weighted by molar-refractivity contribution is 1.49. The van der Waals surface area contributed by atoms with Gasteiger partial charge in [0.05, 0.1) is 0 Å². The van der Waals surface area contributed by atoms with Crippen molar-refractivity contribution >= 4 is 26.1 Å². The van der Waals surface area contributed by atoms with E-state index in [0.29, 0.717) is 0 Å². The summed E-state index contributed by atoms with van der Waals surface area (Å²) in [5.74, 6) is 0. The maximum absolute atomic E-state index is 5.79. The van der Waals surface area contributed by atoms with Crippen LogP contribution in [0.5, 0.6) is 0 Å². The van der Waals surface area contributed by atoms with Crippen LogP contribution < -0.4 is 5.30 Å². The Morgan fingerprint density at radius 1 is 1.44 bits per heavy atom. The van der Waals surface area contributed by atoms with Crippen LogP contribution in [0.3, 0.4) is 0 Å². The van der Waals surface area contributed by atoms with E-state index in [1.807, 2.05) is 25.1 Å². The Morgan fingerprint density at radius 2 is 2.11 bits per heavy atom. The second-order valence-corrected chi connectivity index (χ2v) is 3.05. The molecule has 0 aliphatic rings. The van der Waals surface area contributed by atoms with Gasteiger partial charge in [0.25, 0.3) is 0 Å². The van der Waals surface area contributed by atoms with Crippen LogP contribution in [0.2, 0.25) is 5.02 Å². The third-order valence-corrected chi connectivity index (χ3v) is 2.17. The van der Waals surface area contributed by atoms with Crippen LogP contribution in [-0.2, 0) is 0 Å². The first-order chi connectivity index (χ1) is 4.20. The van der Waals surface area contributed by atoms with Gasteiger partial charge in [-0.25, -0.2) is 0 Å². The number of rotatable bonds is 0. The number of benzene rings is 1. The summed E-state index contributed by atoms with van der Waals surface area (Å²) in [7, 11) is 2.58. The summed E-state index contributed by atoms with van der Waals surface area (Å²) in [6.45, 7) is 2.02. The lowest BCUT2D eigenvalue weighted by Gasteiger charge is -1.96. The zero-order chi connectivity index (χ0) is 6.85. The molecule has 1 aromatic rings. The van der Waals surface area contributed by atoms with Crippen molar-refractivity contribution in [2.75, 3.05) is 0 Å². The van der Waals surface area contributed by atoms with Gasteiger partial charge in [0, 0.05) is 5.02 Å². The first kappa shape index (κ1) is 7.05. The molecule has 0 fully saturated rings. The van der Waals surface area contributed by atoms with Gasteiger partial charge in [-0.1, -0.05) is 23.7 Å². The highest BCUT2D eigenvalue weighted by molar-refractivity contribution is 7.28. The Labute approximate surface area is 62.4 Å². The molecule has 0 bridgehead atoms. The van der Waals surface area contributed by atoms with Crippen LogP contribution >= 0.6 is 20.8 Å². The second-order valence-electron chi connectivity index (χ2n) is 2.02. The van der Waals surface area contributed by atoms with Gasteiger partial charge in [0.2, 0.25) is 0 Å². The summed E-state index contributed by atoms with van der Waals surface area (Å²) in [4.78, 5) is 0. The highest BCUT2D eigenvalue weighted by Crippen LogP contribution is 2.09. The molecular formula is C7H8ClP. The number of hydrogen-bond donors (Lipinski definition) is 0. The van der Waals surface area contributed by atoms with Crippen molar-refractivity contribution < 1.29 is 0 Å². The fraction of sp³-hybridized carbons (Fsp3) is 0.143. The maximum Gasteiger partial charge on any atom is 0.0480 e. The van der Waals surface area contributed by atoms with E-state index in [-0.39, 0.29) is 0 Å². The van der Waals surface area contributed by atoms with E-state index < -0.39 is 0 Å². The molecule has 0 aromatic heterocycles. The van der Waals surface area contributed by atoms with Crippen molar-refractivity contribution in [3.63, 3.8) is 0 Å². The van der Waals surface area contributed by atoms with E-state index in [9.17, 15) is 0 Å². The van der Waals surface area contributed by atoms with Crippen LogP contribution in [0.15, 0.2) is 18.2 Å².